The largest absolute Gasteiger partial charge is 0.490 e. The van der Waals surface area contributed by atoms with E-state index in [2.05, 4.69) is 26.0 Å². The Morgan fingerprint density at radius 3 is 1.81 bits per heavy atom. The van der Waals surface area contributed by atoms with Crippen molar-refractivity contribution in [3.8, 4) is 33.8 Å². The predicted octanol–water partition coefficient (Wildman–Crippen LogP) is 8.29. The molecule has 4 aromatic rings. The number of nitrogens with zero attached hydrogens (tertiary/aromatic N) is 1. The molecule has 2 unspecified atom stereocenters. The Balaban J connectivity index is 1.65. The fraction of sp³-hybridized carbons (Fsp3) is 0.226. The molecule has 0 saturated heterocycles. The lowest BCUT2D eigenvalue weighted by Gasteiger charge is -2.21. The number of hydrogen-bond donors (Lipinski definition) is 0. The van der Waals surface area contributed by atoms with Crippen LogP contribution in [0.4, 0.5) is 5.69 Å². The first-order valence-electron chi connectivity index (χ1n) is 12.3. The van der Waals surface area contributed by atoms with Crippen molar-refractivity contribution < 1.29 is 14.4 Å². The Bertz CT molecular complexity index is 1230. The molecule has 0 aliphatic rings. The van der Waals surface area contributed by atoms with Crippen LogP contribution in [0.2, 0.25) is 0 Å². The van der Waals surface area contributed by atoms with Gasteiger partial charge in [0.25, 0.3) is 5.69 Å². The summed E-state index contributed by atoms with van der Waals surface area (Å²) in [6.07, 6.45) is 0.791. The molecule has 0 fully saturated rings. The van der Waals surface area contributed by atoms with E-state index in [0.29, 0.717) is 29.4 Å². The highest BCUT2D eigenvalue weighted by atomic mass is 16.6. The minimum Gasteiger partial charge on any atom is -0.490 e. The van der Waals surface area contributed by atoms with Gasteiger partial charge in [-0.05, 0) is 48.1 Å². The van der Waals surface area contributed by atoms with Crippen molar-refractivity contribution in [2.24, 2.45) is 0 Å². The molecular weight excluding hydrogens is 450 g/mol. The highest BCUT2D eigenvalue weighted by molar-refractivity contribution is 5.85. The van der Waals surface area contributed by atoms with Gasteiger partial charge in [-0.3, -0.25) is 10.1 Å². The molecular formula is C31H31NO4. The second-order valence-electron chi connectivity index (χ2n) is 8.98. The minimum atomic E-state index is -0.363. The van der Waals surface area contributed by atoms with Crippen LogP contribution in [0.1, 0.15) is 38.7 Å². The van der Waals surface area contributed by atoms with Crippen LogP contribution in [-0.4, -0.2) is 17.6 Å². The molecule has 4 rings (SSSR count). The molecule has 0 aliphatic carbocycles. The van der Waals surface area contributed by atoms with Crippen molar-refractivity contribution in [1.29, 1.82) is 0 Å². The molecule has 0 aliphatic heterocycles. The van der Waals surface area contributed by atoms with Gasteiger partial charge in [0.05, 0.1) is 4.92 Å². The Kier molecular flexibility index (Phi) is 8.01. The first-order chi connectivity index (χ1) is 17.5. The average Bonchev–Trinajstić information content (AvgIpc) is 2.92. The van der Waals surface area contributed by atoms with Crippen LogP contribution >= 0.6 is 0 Å². The first kappa shape index (κ1) is 25.0. The van der Waals surface area contributed by atoms with Gasteiger partial charge in [-0.15, -0.1) is 0 Å². The van der Waals surface area contributed by atoms with E-state index in [1.54, 1.807) is 12.1 Å². The number of non-ortho nitro benzene ring substituents is 1. The number of ether oxygens (including phenoxy) is 2. The van der Waals surface area contributed by atoms with Gasteiger partial charge in [-0.1, -0.05) is 86.6 Å². The fourth-order valence-electron chi connectivity index (χ4n) is 4.09. The summed E-state index contributed by atoms with van der Waals surface area (Å²) in [6, 6.07) is 30.6. The molecule has 5 heteroatoms. The maximum absolute atomic E-state index is 11.8. The van der Waals surface area contributed by atoms with E-state index in [4.69, 9.17) is 9.47 Å². The summed E-state index contributed by atoms with van der Waals surface area (Å²) in [5.41, 5.74) is 4.36. The molecule has 0 amide bonds. The number of hydrogen-bond acceptors (Lipinski definition) is 4. The van der Waals surface area contributed by atoms with E-state index in [1.165, 1.54) is 5.56 Å². The van der Waals surface area contributed by atoms with Gasteiger partial charge in [0.15, 0.2) is 0 Å². The standard InChI is InChI=1S/C31H31NO4/c1-4-22(2)24-15-17-28(18-16-24)35-21-23(3)36-31-29(25-11-7-5-8-12-25)19-27(32(33)34)20-30(31)26-13-9-6-10-14-26/h5-20,22-23H,4,21H2,1-3H3. The first-order valence-corrected chi connectivity index (χ1v) is 12.3. The van der Waals surface area contributed by atoms with Gasteiger partial charge in [0.2, 0.25) is 0 Å². The molecule has 184 valence electrons. The number of nitro benzene ring substituents is 1. The number of nitro groups is 1. The molecule has 4 aromatic carbocycles. The Labute approximate surface area is 212 Å². The van der Waals surface area contributed by atoms with E-state index in [1.807, 2.05) is 79.7 Å². The normalized spacial score (nSPS) is 12.5. The molecule has 0 radical (unpaired) electrons. The van der Waals surface area contributed by atoms with Crippen LogP contribution in [-0.2, 0) is 0 Å². The van der Waals surface area contributed by atoms with Gasteiger partial charge >= 0.3 is 0 Å². The molecule has 36 heavy (non-hydrogen) atoms. The summed E-state index contributed by atoms with van der Waals surface area (Å²) in [5, 5.41) is 11.8. The van der Waals surface area contributed by atoms with Crippen molar-refractivity contribution in [2.45, 2.75) is 39.2 Å². The van der Waals surface area contributed by atoms with Crippen LogP contribution in [0.25, 0.3) is 22.3 Å². The zero-order valence-corrected chi connectivity index (χ0v) is 20.9. The second-order valence-corrected chi connectivity index (χ2v) is 8.98. The van der Waals surface area contributed by atoms with Crippen molar-refractivity contribution in [2.75, 3.05) is 6.61 Å². The Morgan fingerprint density at radius 2 is 1.33 bits per heavy atom. The molecule has 2 atom stereocenters. The highest BCUT2D eigenvalue weighted by Crippen LogP contribution is 2.42. The summed E-state index contributed by atoms with van der Waals surface area (Å²) in [5.74, 6) is 1.89. The van der Waals surface area contributed by atoms with Gasteiger partial charge in [0, 0.05) is 23.3 Å². The third-order valence-corrected chi connectivity index (χ3v) is 6.32. The third-order valence-electron chi connectivity index (χ3n) is 6.32. The van der Waals surface area contributed by atoms with Gasteiger partial charge in [-0.2, -0.15) is 0 Å². The summed E-state index contributed by atoms with van der Waals surface area (Å²) in [4.78, 5) is 11.4. The van der Waals surface area contributed by atoms with Crippen LogP contribution in [0.5, 0.6) is 11.5 Å². The van der Waals surface area contributed by atoms with E-state index in [0.717, 1.165) is 23.3 Å². The summed E-state index contributed by atoms with van der Waals surface area (Å²) in [7, 11) is 0. The average molecular weight is 482 g/mol. The van der Waals surface area contributed by atoms with Gasteiger partial charge in [0.1, 0.15) is 24.2 Å². The zero-order chi connectivity index (χ0) is 25.5. The van der Waals surface area contributed by atoms with Crippen molar-refractivity contribution in [1.82, 2.24) is 0 Å². The summed E-state index contributed by atoms with van der Waals surface area (Å²) in [6.45, 7) is 6.67. The summed E-state index contributed by atoms with van der Waals surface area (Å²) >= 11 is 0. The molecule has 0 saturated carbocycles. The molecule has 0 spiro atoms. The van der Waals surface area contributed by atoms with Crippen molar-refractivity contribution >= 4 is 5.69 Å². The third kappa shape index (κ3) is 5.92. The number of rotatable bonds is 10. The quantitative estimate of drug-likeness (QED) is 0.169. The summed E-state index contributed by atoms with van der Waals surface area (Å²) < 4.78 is 12.5. The molecule has 0 aromatic heterocycles. The van der Waals surface area contributed by atoms with E-state index < -0.39 is 0 Å². The molecule has 0 N–H and O–H groups in total. The van der Waals surface area contributed by atoms with Crippen LogP contribution in [0, 0.1) is 10.1 Å². The Morgan fingerprint density at radius 1 is 0.806 bits per heavy atom. The molecule has 0 heterocycles. The van der Waals surface area contributed by atoms with Crippen LogP contribution in [0.3, 0.4) is 0 Å². The van der Waals surface area contributed by atoms with Crippen LogP contribution < -0.4 is 9.47 Å². The highest BCUT2D eigenvalue weighted by Gasteiger charge is 2.22. The molecule has 5 nitrogen and oxygen atoms in total. The van der Waals surface area contributed by atoms with Gasteiger partial charge < -0.3 is 9.47 Å². The van der Waals surface area contributed by atoms with E-state index >= 15 is 0 Å². The second kappa shape index (κ2) is 11.5. The van der Waals surface area contributed by atoms with E-state index in [9.17, 15) is 10.1 Å². The lowest BCUT2D eigenvalue weighted by molar-refractivity contribution is -0.384. The Hall–Kier alpha value is -4.12. The predicted molar refractivity (Wildman–Crippen MR) is 145 cm³/mol. The van der Waals surface area contributed by atoms with Gasteiger partial charge in [-0.25, -0.2) is 0 Å². The zero-order valence-electron chi connectivity index (χ0n) is 20.9. The minimum absolute atomic E-state index is 0.0188. The lowest BCUT2D eigenvalue weighted by atomic mass is 9.96. The van der Waals surface area contributed by atoms with Crippen molar-refractivity contribution in [3.05, 3.63) is 113 Å². The molecule has 0 bridgehead atoms. The smallest absolute Gasteiger partial charge is 0.270 e. The number of benzene rings is 4. The fourth-order valence-corrected chi connectivity index (χ4v) is 4.09. The van der Waals surface area contributed by atoms with E-state index in [-0.39, 0.29) is 16.7 Å². The lowest BCUT2D eigenvalue weighted by Crippen LogP contribution is -2.22. The van der Waals surface area contributed by atoms with Crippen molar-refractivity contribution in [3.63, 3.8) is 0 Å². The topological polar surface area (TPSA) is 61.6 Å². The maximum Gasteiger partial charge on any atom is 0.270 e. The SMILES string of the molecule is CCC(C)c1ccc(OCC(C)Oc2c(-c3ccccc3)cc([N+](=O)[O-])cc2-c2ccccc2)cc1. The van der Waals surface area contributed by atoms with Crippen LogP contribution in [0.15, 0.2) is 97.1 Å². The maximum atomic E-state index is 11.8. The monoisotopic (exact) mass is 481 g/mol.